The minimum absolute atomic E-state index is 0.155. The zero-order chi connectivity index (χ0) is 19.0. The number of esters is 1. The largest absolute Gasteiger partial charge is 0.469 e. The van der Waals surface area contributed by atoms with Crippen molar-refractivity contribution in [2.45, 2.75) is 93.8 Å². The molecule has 5 heteroatoms. The summed E-state index contributed by atoms with van der Waals surface area (Å²) in [5.74, 6) is 0.670. The first-order valence-corrected chi connectivity index (χ1v) is 11.2. The van der Waals surface area contributed by atoms with Gasteiger partial charge < -0.3 is 14.9 Å². The molecule has 1 aliphatic carbocycles. The van der Waals surface area contributed by atoms with Crippen molar-refractivity contribution in [2.75, 3.05) is 7.11 Å². The highest BCUT2D eigenvalue weighted by Crippen LogP contribution is 2.54. The molecule has 0 bridgehead atoms. The van der Waals surface area contributed by atoms with Crippen LogP contribution in [0.15, 0.2) is 12.2 Å². The fourth-order valence-electron chi connectivity index (χ4n) is 4.42. The number of carbonyl (C=O) groups is 1. The molecule has 0 amide bonds. The minimum atomic E-state index is -0.575. The third kappa shape index (κ3) is 6.28. The van der Waals surface area contributed by atoms with Crippen molar-refractivity contribution in [3.63, 3.8) is 0 Å². The van der Waals surface area contributed by atoms with Gasteiger partial charge in [-0.1, -0.05) is 31.9 Å². The highest BCUT2D eigenvalue weighted by atomic mass is 32.2. The number of thioether (sulfide) groups is 1. The van der Waals surface area contributed by atoms with Crippen LogP contribution in [-0.2, 0) is 9.53 Å². The van der Waals surface area contributed by atoms with Gasteiger partial charge in [0.1, 0.15) is 4.93 Å². The lowest BCUT2D eigenvalue weighted by Crippen LogP contribution is -2.36. The van der Waals surface area contributed by atoms with E-state index in [0.29, 0.717) is 23.5 Å². The van der Waals surface area contributed by atoms with E-state index in [-0.39, 0.29) is 12.1 Å². The summed E-state index contributed by atoms with van der Waals surface area (Å²) in [6.45, 7) is 2.19. The van der Waals surface area contributed by atoms with Gasteiger partial charge in [0.15, 0.2) is 0 Å². The van der Waals surface area contributed by atoms with E-state index in [4.69, 9.17) is 0 Å². The number of hydrogen-bond acceptors (Lipinski definition) is 5. The van der Waals surface area contributed by atoms with Crippen molar-refractivity contribution < 1.29 is 19.7 Å². The Morgan fingerprint density at radius 2 is 2.12 bits per heavy atom. The second-order valence-electron chi connectivity index (χ2n) is 7.90. The van der Waals surface area contributed by atoms with Crippen molar-refractivity contribution >= 4 is 17.7 Å². The normalized spacial score (nSPS) is 34.2. The van der Waals surface area contributed by atoms with Gasteiger partial charge in [-0.2, -0.15) is 0 Å². The first kappa shape index (κ1) is 21.8. The van der Waals surface area contributed by atoms with E-state index in [0.717, 1.165) is 51.4 Å². The van der Waals surface area contributed by atoms with Crippen LogP contribution in [0.25, 0.3) is 0 Å². The monoisotopic (exact) mass is 384 g/mol. The summed E-state index contributed by atoms with van der Waals surface area (Å²) < 4.78 is 4.64. The number of carbonyl (C=O) groups excluding carboxylic acids is 1. The summed E-state index contributed by atoms with van der Waals surface area (Å²) in [5.41, 5.74) is 0. The minimum Gasteiger partial charge on any atom is -0.469 e. The Morgan fingerprint density at radius 1 is 1.31 bits per heavy atom. The van der Waals surface area contributed by atoms with Crippen LogP contribution < -0.4 is 0 Å². The lowest BCUT2D eigenvalue weighted by Gasteiger charge is -2.39. The topological polar surface area (TPSA) is 66.8 Å². The second-order valence-corrected chi connectivity index (χ2v) is 9.51. The quantitative estimate of drug-likeness (QED) is 0.331. The van der Waals surface area contributed by atoms with Gasteiger partial charge in [0, 0.05) is 11.7 Å². The highest BCUT2D eigenvalue weighted by Gasteiger charge is 2.49. The van der Waals surface area contributed by atoms with Crippen LogP contribution in [0.1, 0.15) is 77.6 Å². The molecular formula is C21H36O4S. The van der Waals surface area contributed by atoms with Crippen LogP contribution >= 0.6 is 11.8 Å². The van der Waals surface area contributed by atoms with Crippen LogP contribution in [0.5, 0.6) is 0 Å². The fraction of sp³-hybridized carbons (Fsp3) is 0.857. The number of aliphatic hydroxyl groups excluding tert-OH is 1. The molecule has 4 nitrogen and oxygen atoms in total. The average molecular weight is 385 g/mol. The van der Waals surface area contributed by atoms with Gasteiger partial charge in [-0.05, 0) is 63.2 Å². The van der Waals surface area contributed by atoms with Crippen LogP contribution in [0.4, 0.5) is 0 Å². The summed E-state index contributed by atoms with van der Waals surface area (Å²) in [6, 6.07) is 0. The molecule has 1 aliphatic heterocycles. The molecular weight excluding hydrogens is 348 g/mol. The molecule has 2 aliphatic rings. The molecule has 2 rings (SSSR count). The Hall–Kier alpha value is -0.520. The van der Waals surface area contributed by atoms with Crippen molar-refractivity contribution in [1.29, 1.82) is 0 Å². The Morgan fingerprint density at radius 3 is 2.85 bits per heavy atom. The maximum atomic E-state index is 11.1. The fourth-order valence-corrected chi connectivity index (χ4v) is 6.29. The lowest BCUT2D eigenvalue weighted by molar-refractivity contribution is -0.140. The molecule has 0 aromatic rings. The second kappa shape index (κ2) is 10.7. The van der Waals surface area contributed by atoms with Gasteiger partial charge in [-0.3, -0.25) is 4.79 Å². The number of hydrogen-bond donors (Lipinski definition) is 2. The molecule has 26 heavy (non-hydrogen) atoms. The number of rotatable bonds is 10. The highest BCUT2D eigenvalue weighted by molar-refractivity contribution is 8.01. The van der Waals surface area contributed by atoms with Crippen LogP contribution in [0, 0.1) is 11.8 Å². The summed E-state index contributed by atoms with van der Waals surface area (Å²) in [4.78, 5) is 10.5. The summed E-state index contributed by atoms with van der Waals surface area (Å²) in [7, 11) is 1.42. The Balaban J connectivity index is 1.76. The molecule has 0 radical (unpaired) electrons. The number of methoxy groups -OCH3 is 1. The van der Waals surface area contributed by atoms with E-state index in [2.05, 4.69) is 23.8 Å². The Kier molecular flexibility index (Phi) is 8.98. The number of unbranched alkanes of at least 4 members (excludes halogenated alkanes) is 3. The smallest absolute Gasteiger partial charge is 0.305 e. The SMILES string of the molecule is CCCCCC1(O)CC[C@H]2C(C[C@@H](O)C2C/C=C\CCCC(=O)OC)S1. The van der Waals surface area contributed by atoms with Gasteiger partial charge in [-0.25, -0.2) is 0 Å². The van der Waals surface area contributed by atoms with E-state index in [1.54, 1.807) is 11.8 Å². The maximum Gasteiger partial charge on any atom is 0.305 e. The van der Waals surface area contributed by atoms with Crippen LogP contribution in [-0.4, -0.2) is 39.6 Å². The van der Waals surface area contributed by atoms with Crippen molar-refractivity contribution in [3.8, 4) is 0 Å². The van der Waals surface area contributed by atoms with Gasteiger partial charge in [-0.15, -0.1) is 11.8 Å². The van der Waals surface area contributed by atoms with E-state index in [9.17, 15) is 15.0 Å². The third-order valence-electron chi connectivity index (χ3n) is 5.96. The van der Waals surface area contributed by atoms with Crippen LogP contribution in [0.2, 0.25) is 0 Å². The van der Waals surface area contributed by atoms with Crippen molar-refractivity contribution in [2.24, 2.45) is 11.8 Å². The van der Waals surface area contributed by atoms with Crippen molar-refractivity contribution in [1.82, 2.24) is 0 Å². The van der Waals surface area contributed by atoms with Gasteiger partial charge in [0.05, 0.1) is 13.2 Å². The first-order chi connectivity index (χ1) is 12.5. The predicted octanol–water partition coefficient (Wildman–Crippen LogP) is 4.44. The van der Waals surface area contributed by atoms with E-state index < -0.39 is 4.93 Å². The maximum absolute atomic E-state index is 11.1. The van der Waals surface area contributed by atoms with Gasteiger partial charge in [0.25, 0.3) is 0 Å². The van der Waals surface area contributed by atoms with Crippen molar-refractivity contribution in [3.05, 3.63) is 12.2 Å². The summed E-state index contributed by atoms with van der Waals surface area (Å²) in [5, 5.41) is 21.8. The standard InChI is InChI=1S/C21H36O4S/c1-3-4-9-13-21(24)14-12-17-16(18(22)15-19(17)26-21)10-7-5-6-8-11-20(23)25-2/h5,7,16-19,22,24H,3-4,6,8-15H2,1-2H3/b7-5-/t16?,17-,18-,19?,21?/m1/s1. The molecule has 2 fully saturated rings. The Bertz CT molecular complexity index is 467. The molecule has 1 heterocycles. The van der Waals surface area contributed by atoms with Gasteiger partial charge in [0.2, 0.25) is 0 Å². The molecule has 0 aromatic carbocycles. The number of ether oxygens (including phenoxy) is 1. The summed E-state index contributed by atoms with van der Waals surface area (Å²) >= 11 is 1.74. The zero-order valence-electron chi connectivity index (χ0n) is 16.4. The molecule has 0 spiro atoms. The molecule has 3 unspecified atom stereocenters. The number of aliphatic hydroxyl groups is 2. The predicted molar refractivity (Wildman–Crippen MR) is 107 cm³/mol. The van der Waals surface area contributed by atoms with E-state index in [1.807, 2.05) is 0 Å². The molecule has 0 aromatic heterocycles. The zero-order valence-corrected chi connectivity index (χ0v) is 17.2. The van der Waals surface area contributed by atoms with Crippen LogP contribution in [0.3, 0.4) is 0 Å². The van der Waals surface area contributed by atoms with E-state index >= 15 is 0 Å². The molecule has 150 valence electrons. The number of allylic oxidation sites excluding steroid dienone is 2. The summed E-state index contributed by atoms with van der Waals surface area (Å²) in [6.07, 6.45) is 14.1. The number of fused-ring (bicyclic) bond motifs is 1. The van der Waals surface area contributed by atoms with Gasteiger partial charge >= 0.3 is 5.97 Å². The third-order valence-corrected chi connectivity index (χ3v) is 7.65. The molecule has 5 atom stereocenters. The molecule has 1 saturated heterocycles. The van der Waals surface area contributed by atoms with E-state index in [1.165, 1.54) is 20.0 Å². The first-order valence-electron chi connectivity index (χ1n) is 10.3. The Labute approximate surface area is 162 Å². The average Bonchev–Trinajstić information content (AvgIpc) is 2.91. The lowest BCUT2D eigenvalue weighted by atomic mass is 9.86. The molecule has 1 saturated carbocycles. The molecule has 2 N–H and O–H groups in total.